The summed E-state index contributed by atoms with van der Waals surface area (Å²) in [6.45, 7) is 6.05. The molecule has 0 radical (unpaired) electrons. The van der Waals surface area contributed by atoms with E-state index in [9.17, 15) is 0 Å². The van der Waals surface area contributed by atoms with Gasteiger partial charge in [0.15, 0.2) is 0 Å². The van der Waals surface area contributed by atoms with Gasteiger partial charge in [0.2, 0.25) is 0 Å². The molecule has 0 spiro atoms. The van der Waals surface area contributed by atoms with Gasteiger partial charge in [0.05, 0.1) is 11.4 Å². The molecular weight excluding hydrogens is 232 g/mol. The van der Waals surface area contributed by atoms with Gasteiger partial charge in [-0.15, -0.1) is 0 Å². The van der Waals surface area contributed by atoms with Crippen molar-refractivity contribution in [3.63, 3.8) is 0 Å². The van der Waals surface area contributed by atoms with Crippen LogP contribution in [0, 0.1) is 6.92 Å². The first-order valence-electron chi connectivity index (χ1n) is 6.44. The van der Waals surface area contributed by atoms with Gasteiger partial charge in [-0.2, -0.15) is 0 Å². The summed E-state index contributed by atoms with van der Waals surface area (Å²) in [7, 11) is 0. The zero-order valence-corrected chi connectivity index (χ0v) is 11.6. The average Bonchev–Trinajstić information content (AvgIpc) is 2.45. The van der Waals surface area contributed by atoms with Gasteiger partial charge in [-0.05, 0) is 50.6 Å². The van der Waals surface area contributed by atoms with Crippen LogP contribution in [0.4, 0.5) is 0 Å². The van der Waals surface area contributed by atoms with Crippen molar-refractivity contribution in [2.45, 2.75) is 20.8 Å². The highest BCUT2D eigenvalue weighted by molar-refractivity contribution is 5.74. The Morgan fingerprint density at radius 3 is 2.63 bits per heavy atom. The van der Waals surface area contributed by atoms with Crippen LogP contribution in [0.15, 0.2) is 54.8 Å². The van der Waals surface area contributed by atoms with Crippen molar-refractivity contribution < 1.29 is 0 Å². The molecule has 2 rings (SSSR count). The van der Waals surface area contributed by atoms with E-state index in [2.05, 4.69) is 34.3 Å². The van der Waals surface area contributed by atoms with Gasteiger partial charge in [-0.1, -0.05) is 24.3 Å². The van der Waals surface area contributed by atoms with Gasteiger partial charge in [0.25, 0.3) is 0 Å². The number of pyridine rings is 2. The fourth-order valence-corrected chi connectivity index (χ4v) is 2.01. The molecule has 0 N–H and O–H groups in total. The standard InChI is InChI=1S/C17H18N2/c1-4-8-14(5-2)17-12-15(11-13(3)19-17)16-9-6-7-10-18-16/h4-12H,1-3H3/b8-4-,14-5+. The molecule has 2 heteroatoms. The first-order valence-corrected chi connectivity index (χ1v) is 6.44. The van der Waals surface area contributed by atoms with Crippen LogP contribution in [0.5, 0.6) is 0 Å². The highest BCUT2D eigenvalue weighted by Gasteiger charge is 2.05. The number of hydrogen-bond acceptors (Lipinski definition) is 2. The molecule has 0 atom stereocenters. The number of rotatable bonds is 3. The van der Waals surface area contributed by atoms with E-state index in [4.69, 9.17) is 0 Å². The fraction of sp³-hybridized carbons (Fsp3) is 0.176. The minimum atomic E-state index is 0.977. The Kier molecular flexibility index (Phi) is 4.24. The summed E-state index contributed by atoms with van der Waals surface area (Å²) in [5.74, 6) is 0. The summed E-state index contributed by atoms with van der Waals surface area (Å²) in [5, 5.41) is 0. The highest BCUT2D eigenvalue weighted by Crippen LogP contribution is 2.22. The summed E-state index contributed by atoms with van der Waals surface area (Å²) in [6.07, 6.45) is 7.99. The van der Waals surface area contributed by atoms with Crippen molar-refractivity contribution in [3.8, 4) is 11.3 Å². The molecule has 0 aliphatic heterocycles. The van der Waals surface area contributed by atoms with Crippen LogP contribution in [-0.4, -0.2) is 9.97 Å². The van der Waals surface area contributed by atoms with Crippen molar-refractivity contribution in [1.82, 2.24) is 9.97 Å². The molecule has 2 aromatic rings. The SMILES string of the molecule is C/C=C\C(=C/C)c1cc(-c2ccccn2)cc(C)n1. The topological polar surface area (TPSA) is 25.8 Å². The third-order valence-corrected chi connectivity index (χ3v) is 2.87. The molecule has 0 saturated carbocycles. The Hall–Kier alpha value is -2.22. The zero-order valence-electron chi connectivity index (χ0n) is 11.6. The maximum Gasteiger partial charge on any atom is 0.0708 e. The van der Waals surface area contributed by atoms with Gasteiger partial charge >= 0.3 is 0 Å². The van der Waals surface area contributed by atoms with Gasteiger partial charge in [-0.25, -0.2) is 0 Å². The van der Waals surface area contributed by atoms with Gasteiger partial charge in [0.1, 0.15) is 0 Å². The number of aromatic nitrogens is 2. The molecule has 0 saturated heterocycles. The Morgan fingerprint density at radius 2 is 2.00 bits per heavy atom. The first kappa shape index (κ1) is 13.2. The number of allylic oxidation sites excluding steroid dienone is 4. The number of aryl methyl sites for hydroxylation is 1. The lowest BCUT2D eigenvalue weighted by Gasteiger charge is -2.07. The number of nitrogens with zero attached hydrogens (tertiary/aromatic N) is 2. The van der Waals surface area contributed by atoms with E-state index < -0.39 is 0 Å². The lowest BCUT2D eigenvalue weighted by molar-refractivity contribution is 1.17. The average molecular weight is 250 g/mol. The van der Waals surface area contributed by atoms with E-state index >= 15 is 0 Å². The second-order valence-corrected chi connectivity index (χ2v) is 4.34. The van der Waals surface area contributed by atoms with Crippen molar-refractivity contribution >= 4 is 5.57 Å². The molecular formula is C17H18N2. The summed E-state index contributed by atoms with van der Waals surface area (Å²) >= 11 is 0. The molecule has 0 aliphatic rings. The number of hydrogen-bond donors (Lipinski definition) is 0. The predicted octanol–water partition coefficient (Wildman–Crippen LogP) is 4.43. The third-order valence-electron chi connectivity index (χ3n) is 2.87. The smallest absolute Gasteiger partial charge is 0.0708 e. The molecule has 0 unspecified atom stereocenters. The first-order chi connectivity index (χ1) is 9.24. The Balaban J connectivity index is 2.52. The minimum absolute atomic E-state index is 0.977. The second-order valence-electron chi connectivity index (χ2n) is 4.34. The predicted molar refractivity (Wildman–Crippen MR) is 80.7 cm³/mol. The van der Waals surface area contributed by atoms with Crippen LogP contribution < -0.4 is 0 Å². The maximum atomic E-state index is 4.60. The maximum absolute atomic E-state index is 4.60. The van der Waals surface area contributed by atoms with Crippen molar-refractivity contribution in [3.05, 3.63) is 66.1 Å². The molecule has 2 heterocycles. The molecule has 2 aromatic heterocycles. The molecule has 0 bridgehead atoms. The van der Waals surface area contributed by atoms with Crippen LogP contribution in [0.1, 0.15) is 25.2 Å². The molecule has 19 heavy (non-hydrogen) atoms. The van der Waals surface area contributed by atoms with Crippen molar-refractivity contribution in [2.75, 3.05) is 0 Å². The van der Waals surface area contributed by atoms with Crippen molar-refractivity contribution in [2.24, 2.45) is 0 Å². The molecule has 0 aliphatic carbocycles. The normalized spacial score (nSPS) is 12.1. The van der Waals surface area contributed by atoms with Crippen LogP contribution in [0.3, 0.4) is 0 Å². The van der Waals surface area contributed by atoms with E-state index in [0.29, 0.717) is 0 Å². The van der Waals surface area contributed by atoms with Gasteiger partial charge in [-0.3, -0.25) is 9.97 Å². The lowest BCUT2D eigenvalue weighted by atomic mass is 10.1. The Bertz CT molecular complexity index is 610. The monoisotopic (exact) mass is 250 g/mol. The van der Waals surface area contributed by atoms with Crippen LogP contribution in [-0.2, 0) is 0 Å². The highest BCUT2D eigenvalue weighted by atomic mass is 14.7. The summed E-state index contributed by atoms with van der Waals surface area (Å²) in [5.41, 5.74) is 5.20. The largest absolute Gasteiger partial charge is 0.256 e. The van der Waals surface area contributed by atoms with E-state index in [0.717, 1.165) is 28.2 Å². The molecule has 0 fully saturated rings. The zero-order chi connectivity index (χ0) is 13.7. The van der Waals surface area contributed by atoms with Gasteiger partial charge in [0, 0.05) is 17.5 Å². The van der Waals surface area contributed by atoms with E-state index in [-0.39, 0.29) is 0 Å². The van der Waals surface area contributed by atoms with Crippen LogP contribution in [0.2, 0.25) is 0 Å². The third kappa shape index (κ3) is 3.16. The molecule has 0 amide bonds. The second kappa shape index (κ2) is 6.10. The quantitative estimate of drug-likeness (QED) is 0.753. The fourth-order valence-electron chi connectivity index (χ4n) is 2.01. The Morgan fingerprint density at radius 1 is 1.16 bits per heavy atom. The molecule has 0 aromatic carbocycles. The lowest BCUT2D eigenvalue weighted by Crippen LogP contribution is -1.93. The minimum Gasteiger partial charge on any atom is -0.256 e. The van der Waals surface area contributed by atoms with Crippen LogP contribution >= 0.6 is 0 Å². The molecule has 96 valence electrons. The molecule has 2 nitrogen and oxygen atoms in total. The van der Waals surface area contributed by atoms with Crippen molar-refractivity contribution in [1.29, 1.82) is 0 Å². The van der Waals surface area contributed by atoms with E-state index in [1.807, 2.05) is 51.2 Å². The van der Waals surface area contributed by atoms with E-state index in [1.165, 1.54) is 0 Å². The summed E-state index contributed by atoms with van der Waals surface area (Å²) in [6, 6.07) is 10.1. The van der Waals surface area contributed by atoms with Crippen LogP contribution in [0.25, 0.3) is 16.8 Å². The summed E-state index contributed by atoms with van der Waals surface area (Å²) in [4.78, 5) is 9.00. The summed E-state index contributed by atoms with van der Waals surface area (Å²) < 4.78 is 0. The van der Waals surface area contributed by atoms with E-state index in [1.54, 1.807) is 0 Å². The van der Waals surface area contributed by atoms with Gasteiger partial charge < -0.3 is 0 Å². The Labute approximate surface area is 114 Å².